The minimum absolute atomic E-state index is 0.0588. The molecule has 1 aliphatic rings. The summed E-state index contributed by atoms with van der Waals surface area (Å²) in [7, 11) is 1.59. The molecule has 0 spiro atoms. The van der Waals surface area contributed by atoms with Crippen LogP contribution in [0.1, 0.15) is 48.3 Å². The quantitative estimate of drug-likeness (QED) is 0.390. The predicted molar refractivity (Wildman–Crippen MR) is 142 cm³/mol. The number of ether oxygens (including phenoxy) is 1. The largest absolute Gasteiger partial charge is 0.497 e. The molecular weight excluding hydrogens is 494 g/mol. The van der Waals surface area contributed by atoms with Crippen molar-refractivity contribution in [2.45, 2.75) is 45.5 Å². The monoisotopic (exact) mass is 523 g/mol. The zero-order valence-electron chi connectivity index (χ0n) is 21.2. The Morgan fingerprint density at radius 2 is 2.00 bits per heavy atom. The van der Waals surface area contributed by atoms with Crippen LogP contribution >= 0.6 is 11.6 Å². The number of carbonyl (C=O) groups is 2. The number of nitrogens with zero attached hydrogens (tertiary/aromatic N) is 3. The summed E-state index contributed by atoms with van der Waals surface area (Å²) in [5.74, 6) is 0.553. The van der Waals surface area contributed by atoms with E-state index in [1.54, 1.807) is 20.1 Å². The molecule has 194 valence electrons. The fourth-order valence-corrected chi connectivity index (χ4v) is 4.25. The molecule has 10 heteroatoms. The molecule has 37 heavy (non-hydrogen) atoms. The minimum atomic E-state index is -0.595. The summed E-state index contributed by atoms with van der Waals surface area (Å²) in [6.45, 7) is 5.66. The number of benzene rings is 2. The Morgan fingerprint density at radius 3 is 2.73 bits per heavy atom. The fraction of sp³-hybridized carbons (Fsp3) is 0.333. The van der Waals surface area contributed by atoms with Gasteiger partial charge in [0.1, 0.15) is 12.3 Å². The Hall–Kier alpha value is -3.69. The third kappa shape index (κ3) is 6.00. The molecule has 0 unspecified atom stereocenters. The molecule has 2 amide bonds. The van der Waals surface area contributed by atoms with Crippen molar-refractivity contribution in [3.05, 3.63) is 70.4 Å². The molecule has 0 aliphatic carbocycles. The van der Waals surface area contributed by atoms with Crippen LogP contribution < -0.4 is 15.4 Å². The van der Waals surface area contributed by atoms with Crippen molar-refractivity contribution < 1.29 is 19.4 Å². The van der Waals surface area contributed by atoms with Crippen LogP contribution in [-0.4, -0.2) is 57.6 Å². The van der Waals surface area contributed by atoms with Gasteiger partial charge in [0.25, 0.3) is 5.91 Å². The molecule has 2 heterocycles. The van der Waals surface area contributed by atoms with Gasteiger partial charge in [0.15, 0.2) is 0 Å². The third-order valence-electron chi connectivity index (χ3n) is 6.39. The van der Waals surface area contributed by atoms with Crippen LogP contribution in [0.3, 0.4) is 0 Å². The van der Waals surface area contributed by atoms with Crippen LogP contribution in [0.5, 0.6) is 5.75 Å². The summed E-state index contributed by atoms with van der Waals surface area (Å²) in [6.07, 6.45) is 0.887. The highest BCUT2D eigenvalue weighted by Crippen LogP contribution is 2.31. The molecule has 3 atom stereocenters. The topological polar surface area (TPSA) is 117 Å². The fourth-order valence-electron chi connectivity index (χ4n) is 4.05. The van der Waals surface area contributed by atoms with Gasteiger partial charge in [-0.3, -0.25) is 9.59 Å². The van der Waals surface area contributed by atoms with Crippen LogP contribution in [-0.2, 0) is 11.3 Å². The number of anilines is 1. The second-order valence-electron chi connectivity index (χ2n) is 9.16. The van der Waals surface area contributed by atoms with Crippen LogP contribution in [0.15, 0.2) is 48.7 Å². The van der Waals surface area contributed by atoms with Gasteiger partial charge in [0, 0.05) is 17.7 Å². The molecule has 0 saturated heterocycles. The highest BCUT2D eigenvalue weighted by atomic mass is 35.5. The van der Waals surface area contributed by atoms with Gasteiger partial charge in [-0.2, -0.15) is 0 Å². The van der Waals surface area contributed by atoms with E-state index in [1.165, 1.54) is 11.1 Å². The Bertz CT molecular complexity index is 1320. The van der Waals surface area contributed by atoms with E-state index in [0.717, 1.165) is 11.1 Å². The summed E-state index contributed by atoms with van der Waals surface area (Å²) in [5.41, 5.74) is 3.37. The van der Waals surface area contributed by atoms with Gasteiger partial charge in [-0.15, -0.1) is 0 Å². The number of aliphatic hydroxyl groups excluding tert-OH is 1. The standard InChI is InChI=1S/C27H30ClN5O4/c1-15(17(3)34)31-27-29-12-23(28)25(32-27)19-8-9-20-13-33(26(36)22(20)11-19)14-24(35)30-16(2)18-6-5-7-21(10-18)37-4/h5-12,15-17,34H,13-14H2,1-4H3,(H,30,35)(H,29,31,32)/t15-,16+,17+/m0/s1. The molecule has 0 saturated carbocycles. The Kier molecular flexibility index (Phi) is 7.94. The first-order valence-corrected chi connectivity index (χ1v) is 12.4. The van der Waals surface area contributed by atoms with Crippen molar-refractivity contribution in [3.8, 4) is 17.0 Å². The number of aliphatic hydroxyl groups is 1. The number of nitrogens with one attached hydrogen (secondary N) is 2. The second-order valence-corrected chi connectivity index (χ2v) is 9.57. The maximum Gasteiger partial charge on any atom is 0.254 e. The first kappa shape index (κ1) is 26.4. The number of carbonyl (C=O) groups excluding carboxylic acids is 2. The molecule has 9 nitrogen and oxygen atoms in total. The van der Waals surface area contributed by atoms with Crippen LogP contribution in [0.25, 0.3) is 11.3 Å². The minimum Gasteiger partial charge on any atom is -0.497 e. The van der Waals surface area contributed by atoms with Gasteiger partial charge >= 0.3 is 0 Å². The van der Waals surface area contributed by atoms with Gasteiger partial charge in [0.2, 0.25) is 11.9 Å². The normalized spacial score (nSPS) is 15.1. The molecule has 0 fully saturated rings. The van der Waals surface area contributed by atoms with Gasteiger partial charge in [-0.25, -0.2) is 9.97 Å². The van der Waals surface area contributed by atoms with Crippen LogP contribution in [0.4, 0.5) is 5.95 Å². The molecule has 0 radical (unpaired) electrons. The lowest BCUT2D eigenvalue weighted by molar-refractivity contribution is -0.122. The van der Waals surface area contributed by atoms with E-state index in [-0.39, 0.29) is 30.4 Å². The van der Waals surface area contributed by atoms with E-state index >= 15 is 0 Å². The van der Waals surface area contributed by atoms with Gasteiger partial charge in [-0.05, 0) is 50.1 Å². The number of aromatic nitrogens is 2. The summed E-state index contributed by atoms with van der Waals surface area (Å²) >= 11 is 6.37. The number of halogens is 1. The summed E-state index contributed by atoms with van der Waals surface area (Å²) < 4.78 is 5.25. The number of amides is 2. The number of rotatable bonds is 9. The van der Waals surface area contributed by atoms with Crippen molar-refractivity contribution in [2.75, 3.05) is 19.0 Å². The van der Waals surface area contributed by atoms with Crippen LogP contribution in [0.2, 0.25) is 5.02 Å². The highest BCUT2D eigenvalue weighted by Gasteiger charge is 2.30. The summed E-state index contributed by atoms with van der Waals surface area (Å²) in [4.78, 5) is 36.1. The molecule has 3 N–H and O–H groups in total. The van der Waals surface area contributed by atoms with E-state index < -0.39 is 6.10 Å². The lowest BCUT2D eigenvalue weighted by Gasteiger charge is -2.19. The van der Waals surface area contributed by atoms with E-state index in [0.29, 0.717) is 40.1 Å². The van der Waals surface area contributed by atoms with E-state index in [1.807, 2.05) is 50.2 Å². The lowest BCUT2D eigenvalue weighted by atomic mass is 10.0. The summed E-state index contributed by atoms with van der Waals surface area (Å²) in [5, 5.41) is 16.1. The smallest absolute Gasteiger partial charge is 0.254 e. The van der Waals surface area contributed by atoms with E-state index in [4.69, 9.17) is 16.3 Å². The lowest BCUT2D eigenvalue weighted by Crippen LogP contribution is -2.38. The zero-order chi connectivity index (χ0) is 26.7. The van der Waals surface area contributed by atoms with Gasteiger partial charge in [0.05, 0.1) is 42.2 Å². The van der Waals surface area contributed by atoms with E-state index in [9.17, 15) is 14.7 Å². The van der Waals surface area contributed by atoms with E-state index in [2.05, 4.69) is 20.6 Å². The molecule has 0 bridgehead atoms. The van der Waals surface area contributed by atoms with Crippen molar-refractivity contribution in [1.29, 1.82) is 0 Å². The molecule has 4 rings (SSSR count). The number of hydrogen-bond acceptors (Lipinski definition) is 7. The Morgan fingerprint density at radius 1 is 1.22 bits per heavy atom. The van der Waals surface area contributed by atoms with Gasteiger partial charge in [-0.1, -0.05) is 35.9 Å². The molecule has 2 aromatic carbocycles. The first-order valence-electron chi connectivity index (χ1n) is 12.0. The average Bonchev–Trinajstić information content (AvgIpc) is 3.19. The number of fused-ring (bicyclic) bond motifs is 1. The summed E-state index contributed by atoms with van der Waals surface area (Å²) in [6, 6.07) is 12.4. The van der Waals surface area contributed by atoms with Crippen LogP contribution in [0, 0.1) is 0 Å². The van der Waals surface area contributed by atoms with Crippen molar-refractivity contribution in [2.24, 2.45) is 0 Å². The Labute approximate surface area is 220 Å². The third-order valence-corrected chi connectivity index (χ3v) is 6.67. The molecule has 3 aromatic rings. The maximum absolute atomic E-state index is 13.2. The molecule has 1 aliphatic heterocycles. The predicted octanol–water partition coefficient (Wildman–Crippen LogP) is 3.82. The van der Waals surface area contributed by atoms with Crippen molar-refractivity contribution in [3.63, 3.8) is 0 Å². The highest BCUT2D eigenvalue weighted by molar-refractivity contribution is 6.33. The van der Waals surface area contributed by atoms with Crippen molar-refractivity contribution >= 4 is 29.4 Å². The average molecular weight is 524 g/mol. The molecular formula is C27H30ClN5O4. The molecule has 1 aromatic heterocycles. The van der Waals surface area contributed by atoms with Gasteiger partial charge < -0.3 is 25.4 Å². The number of hydrogen-bond donors (Lipinski definition) is 3. The Balaban J connectivity index is 1.46. The second kappa shape index (κ2) is 11.1. The first-order chi connectivity index (χ1) is 17.7. The maximum atomic E-state index is 13.2. The SMILES string of the molecule is COc1cccc([C@@H](C)NC(=O)CN2Cc3ccc(-c4nc(N[C@@H](C)[C@@H](C)O)ncc4Cl)cc3C2=O)c1. The van der Waals surface area contributed by atoms with Crippen molar-refractivity contribution in [1.82, 2.24) is 20.2 Å². The number of methoxy groups -OCH3 is 1. The zero-order valence-corrected chi connectivity index (χ0v) is 21.9.